The van der Waals surface area contributed by atoms with E-state index in [4.69, 9.17) is 5.73 Å². The zero-order valence-corrected chi connectivity index (χ0v) is 11.7. The molecule has 0 aliphatic heterocycles. The van der Waals surface area contributed by atoms with Gasteiger partial charge in [0.2, 0.25) is 5.91 Å². The molecule has 0 radical (unpaired) electrons. The average Bonchev–Trinajstić information content (AvgIpc) is 3.27. The van der Waals surface area contributed by atoms with Crippen molar-refractivity contribution < 1.29 is 4.79 Å². The van der Waals surface area contributed by atoms with E-state index in [0.717, 1.165) is 32.1 Å². The Hall–Kier alpha value is -1.35. The predicted octanol–water partition coefficient (Wildman–Crippen LogP) is 2.70. The number of benzene rings is 1. The van der Waals surface area contributed by atoms with Crippen LogP contribution in [0.15, 0.2) is 30.3 Å². The van der Waals surface area contributed by atoms with E-state index in [-0.39, 0.29) is 11.9 Å². The fraction of sp³-hybridized carbons (Fsp3) is 0.562. The van der Waals surface area contributed by atoms with E-state index in [9.17, 15) is 4.79 Å². The van der Waals surface area contributed by atoms with Gasteiger partial charge in [-0.3, -0.25) is 4.79 Å². The highest BCUT2D eigenvalue weighted by Crippen LogP contribution is 2.29. The molecule has 1 aliphatic carbocycles. The zero-order valence-electron chi connectivity index (χ0n) is 11.7. The van der Waals surface area contributed by atoms with Gasteiger partial charge in [0.15, 0.2) is 0 Å². The lowest BCUT2D eigenvalue weighted by Gasteiger charge is -2.25. The summed E-state index contributed by atoms with van der Waals surface area (Å²) in [6.07, 6.45) is 5.16. The van der Waals surface area contributed by atoms with E-state index in [1.165, 1.54) is 5.56 Å². The van der Waals surface area contributed by atoms with Gasteiger partial charge in [0.1, 0.15) is 0 Å². The van der Waals surface area contributed by atoms with Gasteiger partial charge in [-0.25, -0.2) is 0 Å². The molecule has 1 atom stereocenters. The number of rotatable bonds is 7. The first-order chi connectivity index (χ1) is 9.22. The van der Waals surface area contributed by atoms with Crippen LogP contribution >= 0.6 is 0 Å². The smallest absolute Gasteiger partial charge is 0.240 e. The SMILES string of the molecule is CCCCC(N)C(=O)N(Cc1ccccc1)C1CC1. The Kier molecular flexibility index (Phi) is 4.97. The second-order valence-corrected chi connectivity index (χ2v) is 5.43. The quantitative estimate of drug-likeness (QED) is 0.819. The van der Waals surface area contributed by atoms with Crippen molar-refractivity contribution in [2.75, 3.05) is 0 Å². The fourth-order valence-electron chi connectivity index (χ4n) is 2.31. The van der Waals surface area contributed by atoms with Gasteiger partial charge in [-0.15, -0.1) is 0 Å². The first kappa shape index (κ1) is 14.1. The molecular weight excluding hydrogens is 236 g/mol. The third kappa shape index (κ3) is 4.06. The number of amides is 1. The van der Waals surface area contributed by atoms with E-state index < -0.39 is 0 Å². The molecule has 2 rings (SSSR count). The summed E-state index contributed by atoms with van der Waals surface area (Å²) >= 11 is 0. The van der Waals surface area contributed by atoms with Crippen LogP contribution in [0.3, 0.4) is 0 Å². The van der Waals surface area contributed by atoms with Gasteiger partial charge in [0, 0.05) is 12.6 Å². The molecule has 2 N–H and O–H groups in total. The van der Waals surface area contributed by atoms with E-state index in [0.29, 0.717) is 12.6 Å². The molecule has 3 nitrogen and oxygen atoms in total. The molecule has 1 amide bonds. The van der Waals surface area contributed by atoms with Crippen molar-refractivity contribution >= 4 is 5.91 Å². The maximum absolute atomic E-state index is 12.4. The Balaban J connectivity index is 1.97. The summed E-state index contributed by atoms with van der Waals surface area (Å²) in [5, 5.41) is 0. The summed E-state index contributed by atoms with van der Waals surface area (Å²) in [4.78, 5) is 14.4. The van der Waals surface area contributed by atoms with Crippen molar-refractivity contribution in [1.82, 2.24) is 4.90 Å². The lowest BCUT2D eigenvalue weighted by molar-refractivity contribution is -0.134. The minimum absolute atomic E-state index is 0.125. The highest BCUT2D eigenvalue weighted by Gasteiger charge is 2.34. The number of nitrogens with two attached hydrogens (primary N) is 1. The Morgan fingerprint density at radius 2 is 2.05 bits per heavy atom. The molecule has 0 spiro atoms. The van der Waals surface area contributed by atoms with Gasteiger partial charge >= 0.3 is 0 Å². The van der Waals surface area contributed by atoms with Crippen molar-refractivity contribution in [3.63, 3.8) is 0 Å². The lowest BCUT2D eigenvalue weighted by atomic mass is 10.1. The molecule has 0 bridgehead atoms. The van der Waals surface area contributed by atoms with Crippen LogP contribution in [-0.4, -0.2) is 22.9 Å². The highest BCUT2D eigenvalue weighted by atomic mass is 16.2. The zero-order chi connectivity index (χ0) is 13.7. The molecule has 0 heterocycles. The number of carbonyl (C=O) groups excluding carboxylic acids is 1. The minimum atomic E-state index is -0.329. The van der Waals surface area contributed by atoms with Gasteiger partial charge < -0.3 is 10.6 Å². The second-order valence-electron chi connectivity index (χ2n) is 5.43. The summed E-state index contributed by atoms with van der Waals surface area (Å²) in [6, 6.07) is 10.3. The second kappa shape index (κ2) is 6.71. The minimum Gasteiger partial charge on any atom is -0.334 e. The number of hydrogen-bond acceptors (Lipinski definition) is 2. The molecule has 19 heavy (non-hydrogen) atoms. The van der Waals surface area contributed by atoms with Crippen LogP contribution in [0.5, 0.6) is 0 Å². The predicted molar refractivity (Wildman–Crippen MR) is 77.5 cm³/mol. The van der Waals surface area contributed by atoms with Gasteiger partial charge in [0.05, 0.1) is 6.04 Å². The maximum Gasteiger partial charge on any atom is 0.240 e. The molecule has 0 saturated heterocycles. The molecule has 1 unspecified atom stereocenters. The number of hydrogen-bond donors (Lipinski definition) is 1. The van der Waals surface area contributed by atoms with Crippen molar-refractivity contribution in [2.45, 2.75) is 57.7 Å². The van der Waals surface area contributed by atoms with Crippen LogP contribution in [0, 0.1) is 0 Å². The Morgan fingerprint density at radius 3 is 2.63 bits per heavy atom. The molecule has 1 aromatic carbocycles. The summed E-state index contributed by atoms with van der Waals surface area (Å²) in [5.41, 5.74) is 7.22. The van der Waals surface area contributed by atoms with E-state index in [1.807, 2.05) is 23.1 Å². The summed E-state index contributed by atoms with van der Waals surface area (Å²) < 4.78 is 0. The summed E-state index contributed by atoms with van der Waals surface area (Å²) in [7, 11) is 0. The fourth-order valence-corrected chi connectivity index (χ4v) is 2.31. The highest BCUT2D eigenvalue weighted by molar-refractivity contribution is 5.82. The van der Waals surface area contributed by atoms with Crippen LogP contribution in [-0.2, 0) is 11.3 Å². The van der Waals surface area contributed by atoms with E-state index in [2.05, 4.69) is 19.1 Å². The standard InChI is InChI=1S/C16H24N2O/c1-2-3-9-15(17)16(19)18(14-10-11-14)12-13-7-5-4-6-8-13/h4-8,14-15H,2-3,9-12,17H2,1H3. The van der Waals surface area contributed by atoms with Crippen molar-refractivity contribution in [3.05, 3.63) is 35.9 Å². The van der Waals surface area contributed by atoms with Gasteiger partial charge in [0.25, 0.3) is 0 Å². The topological polar surface area (TPSA) is 46.3 Å². The molecule has 0 aromatic heterocycles. The molecule has 1 aliphatic rings. The molecule has 1 fully saturated rings. The van der Waals surface area contributed by atoms with Crippen LogP contribution in [0.4, 0.5) is 0 Å². The Morgan fingerprint density at radius 1 is 1.37 bits per heavy atom. The number of nitrogens with zero attached hydrogens (tertiary/aromatic N) is 1. The first-order valence-electron chi connectivity index (χ1n) is 7.32. The average molecular weight is 260 g/mol. The monoisotopic (exact) mass is 260 g/mol. The van der Waals surface area contributed by atoms with Crippen molar-refractivity contribution in [2.24, 2.45) is 5.73 Å². The first-order valence-corrected chi connectivity index (χ1v) is 7.32. The molecule has 3 heteroatoms. The van der Waals surface area contributed by atoms with Gasteiger partial charge in [-0.1, -0.05) is 50.1 Å². The molecular formula is C16H24N2O. The van der Waals surface area contributed by atoms with E-state index in [1.54, 1.807) is 0 Å². The van der Waals surface area contributed by atoms with Crippen molar-refractivity contribution in [3.8, 4) is 0 Å². The van der Waals surface area contributed by atoms with Crippen molar-refractivity contribution in [1.29, 1.82) is 0 Å². The maximum atomic E-state index is 12.4. The van der Waals surface area contributed by atoms with Crippen LogP contribution in [0.1, 0.15) is 44.6 Å². The van der Waals surface area contributed by atoms with Gasteiger partial charge in [-0.05, 0) is 24.8 Å². The third-order valence-corrected chi connectivity index (χ3v) is 3.65. The molecule has 1 aromatic rings. The van der Waals surface area contributed by atoms with Crippen LogP contribution in [0.25, 0.3) is 0 Å². The largest absolute Gasteiger partial charge is 0.334 e. The Labute approximate surface area is 115 Å². The molecule has 104 valence electrons. The summed E-state index contributed by atoms with van der Waals surface area (Å²) in [6.45, 7) is 2.82. The normalized spacial score (nSPS) is 16.1. The third-order valence-electron chi connectivity index (χ3n) is 3.65. The number of unbranched alkanes of at least 4 members (excludes halogenated alkanes) is 1. The number of carbonyl (C=O) groups is 1. The van der Waals surface area contributed by atoms with Crippen LogP contribution in [0.2, 0.25) is 0 Å². The Bertz CT molecular complexity index is 400. The molecule has 1 saturated carbocycles. The summed E-state index contributed by atoms with van der Waals surface area (Å²) in [5.74, 6) is 0.125. The van der Waals surface area contributed by atoms with Gasteiger partial charge in [-0.2, -0.15) is 0 Å². The lowest BCUT2D eigenvalue weighted by Crippen LogP contribution is -2.44. The van der Waals surface area contributed by atoms with Crippen LogP contribution < -0.4 is 5.73 Å². The van der Waals surface area contributed by atoms with E-state index >= 15 is 0 Å².